The highest BCUT2D eigenvalue weighted by molar-refractivity contribution is 7.90. The van der Waals surface area contributed by atoms with E-state index in [-0.39, 0.29) is 22.4 Å². The molecule has 0 saturated carbocycles. The maximum Gasteiger partial charge on any atom is 0.262 e. The van der Waals surface area contributed by atoms with Gasteiger partial charge in [0.25, 0.3) is 5.91 Å². The normalized spacial score (nSPS) is 12.2. The van der Waals surface area contributed by atoms with E-state index >= 15 is 0 Å². The molecule has 0 bridgehead atoms. The Morgan fingerprint density at radius 2 is 1.48 bits per heavy atom. The van der Waals surface area contributed by atoms with Crippen LogP contribution in [0.4, 0.5) is 5.69 Å². The third kappa shape index (κ3) is 6.02. The Kier molecular flexibility index (Phi) is 7.04. The lowest BCUT2D eigenvalue weighted by Gasteiger charge is -2.21. The molecule has 0 saturated heterocycles. The summed E-state index contributed by atoms with van der Waals surface area (Å²) in [6.45, 7) is 3.27. The summed E-state index contributed by atoms with van der Waals surface area (Å²) < 4.78 is 54.3. The number of sulfonamides is 1. The van der Waals surface area contributed by atoms with Gasteiger partial charge in [0, 0.05) is 25.0 Å². The van der Waals surface area contributed by atoms with E-state index in [2.05, 4.69) is 5.32 Å². The van der Waals surface area contributed by atoms with Crippen LogP contribution in [0.1, 0.15) is 13.8 Å². The lowest BCUT2D eigenvalue weighted by atomic mass is 10.3. The Bertz CT molecular complexity index is 1060. The molecule has 0 unspecified atom stereocenters. The largest absolute Gasteiger partial charge is 0.484 e. The van der Waals surface area contributed by atoms with Crippen LogP contribution >= 0.6 is 0 Å². The fourth-order valence-electron chi connectivity index (χ4n) is 2.28. The quantitative estimate of drug-likeness (QED) is 0.673. The molecule has 29 heavy (non-hydrogen) atoms. The Morgan fingerprint density at radius 3 is 1.97 bits per heavy atom. The predicted molar refractivity (Wildman–Crippen MR) is 110 cm³/mol. The van der Waals surface area contributed by atoms with Gasteiger partial charge in [-0.15, -0.1) is 0 Å². The van der Waals surface area contributed by atoms with E-state index in [4.69, 9.17) is 4.74 Å². The maximum atomic E-state index is 12.4. The van der Waals surface area contributed by atoms with Crippen LogP contribution < -0.4 is 10.1 Å². The molecular weight excluding hydrogens is 416 g/mol. The molecular formula is C19H24N2O6S2. The number of benzene rings is 2. The average molecular weight is 441 g/mol. The molecule has 158 valence electrons. The third-order valence-corrected chi connectivity index (χ3v) is 7.34. The van der Waals surface area contributed by atoms with Gasteiger partial charge in [0.05, 0.1) is 9.79 Å². The van der Waals surface area contributed by atoms with E-state index in [1.54, 1.807) is 13.8 Å². The molecule has 1 N–H and O–H groups in total. The molecule has 10 heteroatoms. The molecule has 0 aliphatic carbocycles. The van der Waals surface area contributed by atoms with Crippen molar-refractivity contribution in [2.24, 2.45) is 0 Å². The Balaban J connectivity index is 1.96. The molecule has 0 radical (unpaired) electrons. The van der Waals surface area contributed by atoms with Crippen LogP contribution in [0.2, 0.25) is 0 Å². The van der Waals surface area contributed by atoms with E-state index in [0.29, 0.717) is 11.4 Å². The number of nitrogens with one attached hydrogen (secondary N) is 1. The summed E-state index contributed by atoms with van der Waals surface area (Å²) >= 11 is 0. The lowest BCUT2D eigenvalue weighted by molar-refractivity contribution is -0.118. The molecule has 8 nitrogen and oxygen atoms in total. The first-order chi connectivity index (χ1) is 13.4. The Hall–Kier alpha value is -2.43. The van der Waals surface area contributed by atoms with Crippen molar-refractivity contribution in [3.05, 3.63) is 48.5 Å². The summed E-state index contributed by atoms with van der Waals surface area (Å²) in [7, 11) is -5.38. The first-order valence-electron chi connectivity index (χ1n) is 8.72. The maximum absolute atomic E-state index is 12.4. The smallest absolute Gasteiger partial charge is 0.262 e. The SMILES string of the molecule is CC(C)N(C)S(=O)(=O)c1ccc(NC(=O)COc2ccc(S(C)(=O)=O)cc2)cc1. The van der Waals surface area contributed by atoms with Crippen molar-refractivity contribution >= 4 is 31.5 Å². The van der Waals surface area contributed by atoms with Crippen LogP contribution in [0.3, 0.4) is 0 Å². The fourth-order valence-corrected chi connectivity index (χ4v) is 4.28. The van der Waals surface area contributed by atoms with Gasteiger partial charge < -0.3 is 10.1 Å². The van der Waals surface area contributed by atoms with Crippen molar-refractivity contribution in [2.75, 3.05) is 25.2 Å². The van der Waals surface area contributed by atoms with E-state index < -0.39 is 25.8 Å². The number of carbonyl (C=O) groups excluding carboxylic acids is 1. The topological polar surface area (TPSA) is 110 Å². The van der Waals surface area contributed by atoms with E-state index in [1.807, 2.05) is 0 Å². The highest BCUT2D eigenvalue weighted by Crippen LogP contribution is 2.19. The van der Waals surface area contributed by atoms with Crippen LogP contribution in [0.5, 0.6) is 5.75 Å². The lowest BCUT2D eigenvalue weighted by Crippen LogP contribution is -2.33. The van der Waals surface area contributed by atoms with Gasteiger partial charge in [-0.3, -0.25) is 4.79 Å². The van der Waals surface area contributed by atoms with Gasteiger partial charge in [-0.25, -0.2) is 16.8 Å². The van der Waals surface area contributed by atoms with Crippen molar-refractivity contribution in [3.63, 3.8) is 0 Å². The zero-order valence-corrected chi connectivity index (χ0v) is 18.2. The zero-order chi connectivity index (χ0) is 21.8. The molecule has 1 amide bonds. The monoisotopic (exact) mass is 440 g/mol. The molecule has 0 aliphatic rings. The standard InChI is InChI=1S/C19H24N2O6S2/c1-14(2)21(3)29(25,26)18-9-5-15(6-10-18)20-19(22)13-27-16-7-11-17(12-8-16)28(4,23)24/h5-12,14H,13H2,1-4H3,(H,20,22). The number of ether oxygens (including phenoxy) is 1. The molecule has 0 spiro atoms. The van der Waals surface area contributed by atoms with E-state index in [1.165, 1.54) is 59.9 Å². The predicted octanol–water partition coefficient (Wildman–Crippen LogP) is 2.14. The molecule has 0 heterocycles. The minimum atomic E-state index is -3.59. The van der Waals surface area contributed by atoms with Gasteiger partial charge in [0.1, 0.15) is 5.75 Å². The second kappa shape index (κ2) is 8.93. The summed E-state index contributed by atoms with van der Waals surface area (Å²) in [5.41, 5.74) is 0.428. The van der Waals surface area contributed by atoms with Crippen LogP contribution in [-0.2, 0) is 24.7 Å². The Labute approximate surface area is 171 Å². The summed E-state index contributed by atoms with van der Waals surface area (Å²) in [6, 6.07) is 11.4. The number of nitrogens with zero attached hydrogens (tertiary/aromatic N) is 1. The van der Waals surface area contributed by atoms with E-state index in [9.17, 15) is 21.6 Å². The number of hydrogen-bond acceptors (Lipinski definition) is 6. The van der Waals surface area contributed by atoms with Crippen LogP contribution in [0.15, 0.2) is 58.3 Å². The molecule has 0 aromatic heterocycles. The van der Waals surface area contributed by atoms with Crippen molar-refractivity contribution in [1.29, 1.82) is 0 Å². The van der Waals surface area contributed by atoms with E-state index in [0.717, 1.165) is 6.26 Å². The fraction of sp³-hybridized carbons (Fsp3) is 0.316. The first-order valence-corrected chi connectivity index (χ1v) is 12.1. The van der Waals surface area contributed by atoms with Gasteiger partial charge >= 0.3 is 0 Å². The van der Waals surface area contributed by atoms with Crippen molar-refractivity contribution in [3.8, 4) is 5.75 Å². The van der Waals surface area contributed by atoms with Gasteiger partial charge in [-0.2, -0.15) is 4.31 Å². The minimum Gasteiger partial charge on any atom is -0.484 e. The summed E-state index contributed by atoms with van der Waals surface area (Å²) in [5.74, 6) is -0.0854. The molecule has 0 aliphatic heterocycles. The second-order valence-corrected chi connectivity index (χ2v) is 10.7. The number of hydrogen-bond donors (Lipinski definition) is 1. The number of sulfone groups is 1. The van der Waals surface area contributed by atoms with Crippen LogP contribution in [0, 0.1) is 0 Å². The summed E-state index contributed by atoms with van der Waals surface area (Å²) in [6.07, 6.45) is 1.10. The third-order valence-electron chi connectivity index (χ3n) is 4.16. The molecule has 0 atom stereocenters. The number of rotatable bonds is 8. The number of anilines is 1. The van der Waals surface area contributed by atoms with Crippen molar-refractivity contribution in [2.45, 2.75) is 29.7 Å². The highest BCUT2D eigenvalue weighted by Gasteiger charge is 2.22. The summed E-state index contributed by atoms with van der Waals surface area (Å²) in [5, 5.41) is 2.61. The van der Waals surface area contributed by atoms with Gasteiger partial charge in [-0.1, -0.05) is 0 Å². The van der Waals surface area contributed by atoms with Gasteiger partial charge in [-0.05, 0) is 62.4 Å². The minimum absolute atomic E-state index is 0.133. The molecule has 2 aromatic rings. The van der Waals surface area contributed by atoms with Crippen LogP contribution in [-0.4, -0.2) is 53.0 Å². The highest BCUT2D eigenvalue weighted by atomic mass is 32.2. The first kappa shape index (κ1) is 22.9. The van der Waals surface area contributed by atoms with Crippen molar-refractivity contribution < 1.29 is 26.4 Å². The molecule has 2 rings (SSSR count). The Morgan fingerprint density at radius 1 is 0.966 bits per heavy atom. The second-order valence-electron chi connectivity index (χ2n) is 6.72. The van der Waals surface area contributed by atoms with Gasteiger partial charge in [0.2, 0.25) is 10.0 Å². The summed E-state index contributed by atoms with van der Waals surface area (Å²) in [4.78, 5) is 12.3. The number of amides is 1. The van der Waals surface area contributed by atoms with Crippen LogP contribution in [0.25, 0.3) is 0 Å². The number of carbonyl (C=O) groups is 1. The zero-order valence-electron chi connectivity index (χ0n) is 16.6. The van der Waals surface area contributed by atoms with Crippen molar-refractivity contribution in [1.82, 2.24) is 4.31 Å². The molecule has 2 aromatic carbocycles. The molecule has 0 fully saturated rings. The average Bonchev–Trinajstić information content (AvgIpc) is 2.65. The van der Waals surface area contributed by atoms with Gasteiger partial charge in [0.15, 0.2) is 16.4 Å².